The molecule has 0 saturated carbocycles. The van der Waals surface area contributed by atoms with Crippen molar-refractivity contribution in [1.29, 1.82) is 0 Å². The minimum Gasteiger partial charge on any atom is -0.350 e. The number of rotatable bonds is 5. The molecule has 1 aliphatic rings. The molecule has 5 nitrogen and oxygen atoms in total. The Bertz CT molecular complexity index is 733. The van der Waals surface area contributed by atoms with Gasteiger partial charge in [0.1, 0.15) is 6.04 Å². The predicted molar refractivity (Wildman–Crippen MR) is 93.2 cm³/mol. The fraction of sp³-hybridized carbons (Fsp3) is 0.368. The van der Waals surface area contributed by atoms with E-state index in [9.17, 15) is 9.59 Å². The van der Waals surface area contributed by atoms with Gasteiger partial charge in [-0.3, -0.25) is 9.59 Å². The fourth-order valence-electron chi connectivity index (χ4n) is 3.52. The Labute approximate surface area is 142 Å². The van der Waals surface area contributed by atoms with Crippen LogP contribution < -0.4 is 10.2 Å². The number of carbonyl (C=O) groups excluding carboxylic acids is 2. The Morgan fingerprint density at radius 2 is 2.00 bits per heavy atom. The van der Waals surface area contributed by atoms with Crippen LogP contribution in [0.5, 0.6) is 0 Å². The van der Waals surface area contributed by atoms with Crippen molar-refractivity contribution >= 4 is 17.4 Å². The van der Waals surface area contributed by atoms with Crippen LogP contribution in [0.3, 0.4) is 0 Å². The van der Waals surface area contributed by atoms with Crippen LogP contribution in [0, 0.1) is 0 Å². The van der Waals surface area contributed by atoms with E-state index in [1.807, 2.05) is 0 Å². The number of quaternary nitrogens is 1. The molecule has 1 fully saturated rings. The van der Waals surface area contributed by atoms with Gasteiger partial charge in [0.15, 0.2) is 12.3 Å². The molecule has 0 radical (unpaired) electrons. The second-order valence-corrected chi connectivity index (χ2v) is 6.51. The van der Waals surface area contributed by atoms with Crippen molar-refractivity contribution in [3.63, 3.8) is 0 Å². The summed E-state index contributed by atoms with van der Waals surface area (Å²) >= 11 is 0. The lowest BCUT2D eigenvalue weighted by Crippen LogP contribution is -3.11. The molecule has 1 aromatic carbocycles. The molecular formula is C19H24N3O2+. The number of Topliss-reactive ketones (excluding diaryl/α,β-unsaturated/α-hetero) is 1. The molecule has 126 valence electrons. The maximum absolute atomic E-state index is 12.4. The van der Waals surface area contributed by atoms with Gasteiger partial charge >= 0.3 is 0 Å². The minimum absolute atomic E-state index is 0.0154. The summed E-state index contributed by atoms with van der Waals surface area (Å²) in [7, 11) is 2.06. The smallest absolute Gasteiger partial charge is 0.279 e. The Balaban J connectivity index is 1.62. The van der Waals surface area contributed by atoms with Crippen LogP contribution in [-0.2, 0) is 11.8 Å². The summed E-state index contributed by atoms with van der Waals surface area (Å²) < 4.78 is 2.15. The van der Waals surface area contributed by atoms with E-state index >= 15 is 0 Å². The third-order valence-corrected chi connectivity index (χ3v) is 4.79. The van der Waals surface area contributed by atoms with E-state index < -0.39 is 0 Å². The number of likely N-dealkylation sites (tertiary alicyclic amines) is 1. The number of aryl methyl sites for hydroxylation is 1. The molecule has 1 aromatic heterocycles. The van der Waals surface area contributed by atoms with Crippen LogP contribution in [0.15, 0.2) is 42.6 Å². The number of nitrogens with zero attached hydrogens (tertiary/aromatic N) is 1. The van der Waals surface area contributed by atoms with Crippen molar-refractivity contribution in [2.45, 2.75) is 25.8 Å². The number of aromatic nitrogens is 1. The molecule has 0 spiro atoms. The third-order valence-electron chi connectivity index (χ3n) is 4.79. The zero-order chi connectivity index (χ0) is 17.1. The Morgan fingerprint density at radius 1 is 1.25 bits per heavy atom. The van der Waals surface area contributed by atoms with Crippen molar-refractivity contribution in [3.8, 4) is 0 Å². The zero-order valence-electron chi connectivity index (χ0n) is 14.2. The number of nitrogens with one attached hydrogen (secondary N) is 2. The van der Waals surface area contributed by atoms with Gasteiger partial charge in [-0.15, -0.1) is 0 Å². The van der Waals surface area contributed by atoms with Gasteiger partial charge < -0.3 is 14.8 Å². The molecule has 1 aliphatic heterocycles. The van der Waals surface area contributed by atoms with Gasteiger partial charge in [-0.1, -0.05) is 0 Å². The van der Waals surface area contributed by atoms with E-state index in [1.54, 1.807) is 24.3 Å². The molecule has 24 heavy (non-hydrogen) atoms. The van der Waals surface area contributed by atoms with Crippen molar-refractivity contribution in [2.24, 2.45) is 7.05 Å². The van der Waals surface area contributed by atoms with Crippen LogP contribution in [0.4, 0.5) is 5.69 Å². The number of carbonyl (C=O) groups is 2. The summed E-state index contributed by atoms with van der Waals surface area (Å²) in [5.74, 6) is 0.0430. The first-order chi connectivity index (χ1) is 11.5. The van der Waals surface area contributed by atoms with Crippen LogP contribution in [0.1, 0.15) is 41.9 Å². The number of anilines is 1. The Kier molecular flexibility index (Phi) is 4.81. The van der Waals surface area contributed by atoms with Crippen molar-refractivity contribution < 1.29 is 14.5 Å². The molecule has 1 unspecified atom stereocenters. The highest BCUT2D eigenvalue weighted by Crippen LogP contribution is 2.19. The zero-order valence-corrected chi connectivity index (χ0v) is 14.2. The Hall–Kier alpha value is -2.40. The van der Waals surface area contributed by atoms with Crippen LogP contribution in [0.2, 0.25) is 0 Å². The standard InChI is InChI=1S/C19H23N3O2/c1-14(23)15-7-9-16(10-8-15)20-19(24)13-22-12-4-6-18(22)17-5-3-11-21(17)2/h3,5,7-11,18H,4,6,12-13H2,1-2H3,(H,20,24)/p+1/t18-/m0/s1. The molecule has 2 aromatic rings. The van der Waals surface area contributed by atoms with Crippen LogP contribution >= 0.6 is 0 Å². The molecule has 3 rings (SSSR count). The van der Waals surface area contributed by atoms with E-state index in [4.69, 9.17) is 0 Å². The van der Waals surface area contributed by atoms with Crippen molar-refractivity contribution in [3.05, 3.63) is 53.9 Å². The quantitative estimate of drug-likeness (QED) is 0.820. The monoisotopic (exact) mass is 326 g/mol. The second kappa shape index (κ2) is 7.01. The van der Waals surface area contributed by atoms with E-state index in [2.05, 4.69) is 35.3 Å². The van der Waals surface area contributed by atoms with Gasteiger partial charge in [0, 0.05) is 37.3 Å². The highest BCUT2D eigenvalue weighted by Gasteiger charge is 2.32. The van der Waals surface area contributed by atoms with Gasteiger partial charge in [0.25, 0.3) is 5.91 Å². The molecule has 1 saturated heterocycles. The minimum atomic E-state index is 0.0154. The maximum Gasteiger partial charge on any atom is 0.279 e. The number of hydrogen-bond acceptors (Lipinski definition) is 2. The van der Waals surface area contributed by atoms with E-state index in [0.29, 0.717) is 18.2 Å². The third kappa shape index (κ3) is 3.57. The summed E-state index contributed by atoms with van der Waals surface area (Å²) in [6.45, 7) is 3.02. The molecule has 2 atom stereocenters. The largest absolute Gasteiger partial charge is 0.350 e. The van der Waals surface area contributed by atoms with Gasteiger partial charge in [0.05, 0.1) is 12.2 Å². The average molecular weight is 326 g/mol. The normalized spacial score (nSPS) is 20.1. The predicted octanol–water partition coefficient (Wildman–Crippen LogP) is 1.59. The lowest BCUT2D eigenvalue weighted by atomic mass is 10.1. The van der Waals surface area contributed by atoms with E-state index in [1.165, 1.54) is 17.5 Å². The first-order valence-corrected chi connectivity index (χ1v) is 8.41. The molecule has 2 heterocycles. The van der Waals surface area contributed by atoms with Crippen molar-refractivity contribution in [2.75, 3.05) is 18.4 Å². The first-order valence-electron chi connectivity index (χ1n) is 8.41. The summed E-state index contributed by atoms with van der Waals surface area (Å²) in [5, 5.41) is 2.94. The number of amides is 1. The van der Waals surface area contributed by atoms with Gasteiger partial charge in [-0.2, -0.15) is 0 Å². The average Bonchev–Trinajstić information content (AvgIpc) is 3.16. The SMILES string of the molecule is CC(=O)c1ccc(NC(=O)C[NH+]2CCC[C@H]2c2cccn2C)cc1. The van der Waals surface area contributed by atoms with Crippen LogP contribution in [-0.4, -0.2) is 29.3 Å². The molecule has 2 N–H and O–H groups in total. The fourth-order valence-corrected chi connectivity index (χ4v) is 3.52. The highest BCUT2D eigenvalue weighted by molar-refractivity contribution is 5.95. The molecule has 5 heteroatoms. The lowest BCUT2D eigenvalue weighted by Gasteiger charge is -2.21. The topological polar surface area (TPSA) is 55.5 Å². The number of hydrogen-bond donors (Lipinski definition) is 2. The summed E-state index contributed by atoms with van der Waals surface area (Å²) in [5.41, 5.74) is 2.68. The maximum atomic E-state index is 12.4. The van der Waals surface area contributed by atoms with E-state index in [0.717, 1.165) is 25.1 Å². The van der Waals surface area contributed by atoms with E-state index in [-0.39, 0.29) is 11.7 Å². The lowest BCUT2D eigenvalue weighted by molar-refractivity contribution is -0.910. The first kappa shape index (κ1) is 16.5. The van der Waals surface area contributed by atoms with Crippen LogP contribution in [0.25, 0.3) is 0 Å². The molecular weight excluding hydrogens is 302 g/mol. The highest BCUT2D eigenvalue weighted by atomic mass is 16.2. The van der Waals surface area contributed by atoms with Crippen molar-refractivity contribution in [1.82, 2.24) is 4.57 Å². The number of benzene rings is 1. The van der Waals surface area contributed by atoms with Gasteiger partial charge in [-0.05, 0) is 43.3 Å². The van der Waals surface area contributed by atoms with Gasteiger partial charge in [0.2, 0.25) is 0 Å². The summed E-state index contributed by atoms with van der Waals surface area (Å²) in [6, 6.07) is 11.6. The summed E-state index contributed by atoms with van der Waals surface area (Å²) in [6.07, 6.45) is 4.32. The van der Waals surface area contributed by atoms with Gasteiger partial charge in [-0.25, -0.2) is 0 Å². The molecule has 0 bridgehead atoms. The number of ketones is 1. The summed E-state index contributed by atoms with van der Waals surface area (Å²) in [4.78, 5) is 25.0. The molecule has 1 amide bonds. The second-order valence-electron chi connectivity index (χ2n) is 6.51. The molecule has 0 aliphatic carbocycles. The Morgan fingerprint density at radius 3 is 2.62 bits per heavy atom.